The van der Waals surface area contributed by atoms with Gasteiger partial charge in [-0.05, 0) is 67.7 Å². The number of hydrogen-bond donors (Lipinski definition) is 3. The van der Waals surface area contributed by atoms with Crippen LogP contribution in [-0.2, 0) is 52.4 Å². The van der Waals surface area contributed by atoms with Crippen molar-refractivity contribution in [2.24, 2.45) is 22.7 Å². The van der Waals surface area contributed by atoms with Crippen molar-refractivity contribution in [3.05, 3.63) is 119 Å². The van der Waals surface area contributed by atoms with Crippen molar-refractivity contribution in [2.75, 3.05) is 6.61 Å². The molecule has 2 bridgehead atoms. The molecule has 67 heavy (non-hydrogen) atoms. The SMILES string of the molecule is CCCC(=O)O[C@@H](C(=O)O[C@H]1C[C@@]2(O)[C@@H](OC(=O)c3ccccc3)[C@@H]3[C@]4(OC(C)=O)OC[C@@H]4C[C@H](O)[C@@]3(C)C(=O)[C@H](OC(C)=O)C(=C1C)C2(C)C)[C@@H](NC(=O)c1ccccc1)c1ccccc1. The van der Waals surface area contributed by atoms with E-state index in [4.69, 9.17) is 28.4 Å². The van der Waals surface area contributed by atoms with E-state index in [1.54, 1.807) is 99.6 Å². The fourth-order valence-electron chi connectivity index (χ4n) is 10.6. The van der Waals surface area contributed by atoms with Gasteiger partial charge in [-0.15, -0.1) is 0 Å². The van der Waals surface area contributed by atoms with Gasteiger partial charge >= 0.3 is 29.8 Å². The van der Waals surface area contributed by atoms with E-state index in [0.29, 0.717) is 12.0 Å². The summed E-state index contributed by atoms with van der Waals surface area (Å²) in [6.45, 7) is 9.92. The summed E-state index contributed by atoms with van der Waals surface area (Å²) < 4.78 is 36.7. The monoisotopic (exact) mass is 923 g/mol. The third kappa shape index (κ3) is 8.66. The lowest BCUT2D eigenvalue weighted by Crippen LogP contribution is -2.80. The van der Waals surface area contributed by atoms with Gasteiger partial charge in [-0.3, -0.25) is 24.0 Å². The van der Waals surface area contributed by atoms with Gasteiger partial charge in [0.2, 0.25) is 11.9 Å². The number of benzene rings is 3. The second-order valence-corrected chi connectivity index (χ2v) is 18.5. The number of aliphatic hydroxyl groups is 2. The number of fused-ring (bicyclic) bond motifs is 5. The minimum atomic E-state index is -2.45. The highest BCUT2D eigenvalue weighted by atomic mass is 16.7. The van der Waals surface area contributed by atoms with Crippen molar-refractivity contribution in [3.8, 4) is 0 Å². The number of Topliss-reactive ketones (excluding diaryl/α,β-unsaturated/α-hetero) is 1. The zero-order valence-electron chi connectivity index (χ0n) is 38.5. The fraction of sp³-hybridized carbons (Fsp3) is 0.471. The molecule has 11 atom stereocenters. The van der Waals surface area contributed by atoms with Crippen LogP contribution in [0.1, 0.15) is 106 Å². The molecule has 2 saturated carbocycles. The first-order valence-electron chi connectivity index (χ1n) is 22.4. The highest BCUT2D eigenvalue weighted by Gasteiger charge is 2.78. The third-order valence-electron chi connectivity index (χ3n) is 14.1. The van der Waals surface area contributed by atoms with Crippen LogP contribution in [0.3, 0.4) is 0 Å². The van der Waals surface area contributed by atoms with Crippen molar-refractivity contribution in [2.45, 2.75) is 122 Å². The van der Waals surface area contributed by atoms with Crippen LogP contribution in [0.25, 0.3) is 0 Å². The Hall–Kier alpha value is -6.23. The van der Waals surface area contributed by atoms with Crippen molar-refractivity contribution in [3.63, 3.8) is 0 Å². The zero-order valence-corrected chi connectivity index (χ0v) is 38.5. The number of aliphatic hydroxyl groups excluding tert-OH is 1. The van der Waals surface area contributed by atoms with Gasteiger partial charge in [-0.1, -0.05) is 87.5 Å². The number of hydrogen-bond acceptors (Lipinski definition) is 15. The lowest BCUT2D eigenvalue weighted by atomic mass is 9.45. The topological polar surface area (TPSA) is 227 Å². The summed E-state index contributed by atoms with van der Waals surface area (Å²) in [4.78, 5) is 98.4. The number of carbonyl (C=O) groups excluding carboxylic acids is 7. The van der Waals surface area contributed by atoms with E-state index >= 15 is 9.59 Å². The molecule has 1 heterocycles. The van der Waals surface area contributed by atoms with E-state index in [1.807, 2.05) is 0 Å². The van der Waals surface area contributed by atoms with Gasteiger partial charge < -0.3 is 44.0 Å². The number of ketones is 1. The van der Waals surface area contributed by atoms with Gasteiger partial charge in [0, 0.05) is 37.7 Å². The largest absolute Gasteiger partial charge is 0.455 e. The average molecular weight is 924 g/mol. The van der Waals surface area contributed by atoms with Gasteiger partial charge in [0.1, 0.15) is 23.9 Å². The Kier molecular flexibility index (Phi) is 13.7. The molecule has 7 rings (SSSR count). The molecule has 0 aromatic heterocycles. The van der Waals surface area contributed by atoms with Crippen LogP contribution >= 0.6 is 0 Å². The second kappa shape index (κ2) is 18.8. The van der Waals surface area contributed by atoms with Crippen LogP contribution in [-0.4, -0.2) is 100 Å². The molecule has 0 unspecified atom stereocenters. The Morgan fingerprint density at radius 2 is 1.43 bits per heavy atom. The normalized spacial score (nSPS) is 30.3. The number of amides is 1. The number of nitrogens with one attached hydrogen (secondary N) is 1. The Balaban J connectivity index is 1.42. The summed E-state index contributed by atoms with van der Waals surface area (Å²) in [5.41, 5.74) is -5.50. The van der Waals surface area contributed by atoms with E-state index in [9.17, 15) is 34.2 Å². The molecule has 0 radical (unpaired) electrons. The van der Waals surface area contributed by atoms with Crippen LogP contribution in [0.4, 0.5) is 0 Å². The molecular formula is C51H57NO15. The van der Waals surface area contributed by atoms with E-state index < -0.39 is 119 Å². The molecule has 3 aliphatic carbocycles. The Morgan fingerprint density at radius 3 is 1.99 bits per heavy atom. The Labute approximate surface area is 388 Å². The first-order valence-corrected chi connectivity index (χ1v) is 22.4. The fourth-order valence-corrected chi connectivity index (χ4v) is 10.6. The van der Waals surface area contributed by atoms with Gasteiger partial charge in [-0.25, -0.2) is 9.59 Å². The maximum atomic E-state index is 15.6. The molecule has 1 aliphatic heterocycles. The quantitative estimate of drug-likeness (QED) is 0.112. The van der Waals surface area contributed by atoms with Crippen molar-refractivity contribution in [1.29, 1.82) is 0 Å². The number of rotatable bonds is 13. The Morgan fingerprint density at radius 1 is 0.836 bits per heavy atom. The summed E-state index contributed by atoms with van der Waals surface area (Å²) in [5, 5.41) is 28.9. The minimum absolute atomic E-state index is 0.0263. The standard InChI is InChI=1S/C51H57NO15/c1-8-18-37(56)65-41(39(31-19-12-9-13-20-31)52-45(58)32-21-14-10-15-22-32)47(60)64-35-26-50(61)44(66-46(59)33-23-16-11-17-24-33)42-49(7,36(55)25-34-27-62-51(34,42)67-30(4)54)43(57)40(63-29(3)53)38(28(35)2)48(50,5)6/h9-17,19-24,34-36,39-42,44,55,61H,8,18,25-27H2,1-7H3,(H,52,58)/t34-,35-,36-,39-,40+,41+,42-,44-,49+,50+,51-/m0/s1. The zero-order chi connectivity index (χ0) is 48.6. The first-order chi connectivity index (χ1) is 31.7. The van der Waals surface area contributed by atoms with Crippen molar-refractivity contribution >= 4 is 41.5 Å². The molecule has 1 saturated heterocycles. The molecule has 3 aromatic rings. The smallest absolute Gasteiger partial charge is 0.350 e. The van der Waals surface area contributed by atoms with E-state index in [0.717, 1.165) is 13.8 Å². The minimum Gasteiger partial charge on any atom is -0.455 e. The molecule has 356 valence electrons. The predicted octanol–water partition coefficient (Wildman–Crippen LogP) is 5.29. The van der Waals surface area contributed by atoms with Crippen LogP contribution < -0.4 is 5.32 Å². The highest BCUT2D eigenvalue weighted by Crippen LogP contribution is 2.65. The summed E-state index contributed by atoms with van der Waals surface area (Å²) in [7, 11) is 0. The summed E-state index contributed by atoms with van der Waals surface area (Å²) >= 11 is 0. The second-order valence-electron chi connectivity index (χ2n) is 18.5. The van der Waals surface area contributed by atoms with E-state index in [-0.39, 0.29) is 41.7 Å². The molecule has 3 aromatic carbocycles. The number of carbonyl (C=O) groups is 7. The lowest BCUT2D eigenvalue weighted by molar-refractivity contribution is -0.410. The average Bonchev–Trinajstić information content (AvgIpc) is 3.29. The maximum Gasteiger partial charge on any atom is 0.350 e. The molecule has 0 spiro atoms. The molecule has 3 N–H and O–H groups in total. The predicted molar refractivity (Wildman–Crippen MR) is 236 cm³/mol. The van der Waals surface area contributed by atoms with Crippen LogP contribution in [0.2, 0.25) is 0 Å². The van der Waals surface area contributed by atoms with Gasteiger partial charge in [0.25, 0.3) is 5.91 Å². The van der Waals surface area contributed by atoms with Gasteiger partial charge in [-0.2, -0.15) is 0 Å². The van der Waals surface area contributed by atoms with Crippen molar-refractivity contribution < 1.29 is 72.2 Å². The molecule has 16 nitrogen and oxygen atoms in total. The lowest BCUT2D eigenvalue weighted by Gasteiger charge is -2.67. The third-order valence-corrected chi connectivity index (χ3v) is 14.1. The summed E-state index contributed by atoms with van der Waals surface area (Å²) in [6.07, 6.45) is -9.14. The summed E-state index contributed by atoms with van der Waals surface area (Å²) in [5.74, 6) is -10.7. The maximum absolute atomic E-state index is 15.6. The van der Waals surface area contributed by atoms with Crippen LogP contribution in [0.5, 0.6) is 0 Å². The molecule has 1 amide bonds. The molecular weight excluding hydrogens is 867 g/mol. The number of ether oxygens (including phenoxy) is 6. The Bertz CT molecular complexity index is 2440. The van der Waals surface area contributed by atoms with Crippen molar-refractivity contribution in [1.82, 2.24) is 5.32 Å². The first kappa shape index (κ1) is 48.7. The van der Waals surface area contributed by atoms with E-state index in [2.05, 4.69) is 5.32 Å². The molecule has 3 fully saturated rings. The van der Waals surface area contributed by atoms with E-state index in [1.165, 1.54) is 26.0 Å². The van der Waals surface area contributed by atoms with Crippen LogP contribution in [0, 0.1) is 22.7 Å². The molecule has 16 heteroatoms. The van der Waals surface area contributed by atoms with Crippen LogP contribution in [0.15, 0.2) is 102 Å². The molecule has 4 aliphatic rings. The highest BCUT2D eigenvalue weighted by molar-refractivity contribution is 5.96. The number of esters is 5. The van der Waals surface area contributed by atoms with Gasteiger partial charge in [0.15, 0.2) is 11.9 Å². The summed E-state index contributed by atoms with van der Waals surface area (Å²) in [6, 6.07) is 23.0. The van der Waals surface area contributed by atoms with Gasteiger partial charge in [0.05, 0.1) is 35.5 Å².